The summed E-state index contributed by atoms with van der Waals surface area (Å²) < 4.78 is 1.89. The van der Waals surface area contributed by atoms with Crippen LogP contribution in [-0.4, -0.2) is 39.4 Å². The number of nitrogens with zero attached hydrogens (tertiary/aromatic N) is 3. The quantitative estimate of drug-likeness (QED) is 0.903. The molecule has 0 aromatic carbocycles. The van der Waals surface area contributed by atoms with Gasteiger partial charge in [-0.25, -0.2) is 0 Å². The first-order valence-corrected chi connectivity index (χ1v) is 7.33. The van der Waals surface area contributed by atoms with Crippen molar-refractivity contribution in [2.45, 2.75) is 52.2 Å². The van der Waals surface area contributed by atoms with Crippen LogP contribution in [0.4, 0.5) is 0 Å². The molecule has 1 aliphatic heterocycles. The van der Waals surface area contributed by atoms with Crippen LogP contribution in [-0.2, 0) is 13.6 Å². The van der Waals surface area contributed by atoms with Gasteiger partial charge >= 0.3 is 0 Å². The summed E-state index contributed by atoms with van der Waals surface area (Å²) in [6.07, 6.45) is 5.35. The minimum Gasteiger partial charge on any atom is -0.311 e. The average Bonchev–Trinajstić information content (AvgIpc) is 2.69. The van der Waals surface area contributed by atoms with Gasteiger partial charge in [0.1, 0.15) is 0 Å². The topological polar surface area (TPSA) is 33.1 Å². The van der Waals surface area contributed by atoms with Crippen LogP contribution in [0.5, 0.6) is 0 Å². The van der Waals surface area contributed by atoms with Crippen molar-refractivity contribution < 1.29 is 0 Å². The van der Waals surface area contributed by atoms with E-state index < -0.39 is 0 Å². The van der Waals surface area contributed by atoms with Crippen molar-refractivity contribution in [3.63, 3.8) is 0 Å². The highest BCUT2D eigenvalue weighted by Gasteiger charge is 2.34. The molecule has 0 spiro atoms. The maximum absolute atomic E-state index is 4.27. The van der Waals surface area contributed by atoms with Gasteiger partial charge in [0, 0.05) is 50.0 Å². The minimum atomic E-state index is 0.212. The average molecular weight is 264 g/mol. The van der Waals surface area contributed by atoms with Crippen LogP contribution in [0.3, 0.4) is 0 Å². The Hall–Kier alpha value is -0.870. The summed E-state index contributed by atoms with van der Waals surface area (Å²) in [5.41, 5.74) is 1.52. The van der Waals surface area contributed by atoms with Gasteiger partial charge in [0.2, 0.25) is 0 Å². The molecular formula is C15H28N4. The van der Waals surface area contributed by atoms with E-state index in [0.29, 0.717) is 6.04 Å². The fraction of sp³-hybridized carbons (Fsp3) is 0.800. The molecule has 0 radical (unpaired) electrons. The number of aromatic nitrogens is 2. The van der Waals surface area contributed by atoms with Crippen molar-refractivity contribution in [1.29, 1.82) is 0 Å². The van der Waals surface area contributed by atoms with E-state index in [0.717, 1.165) is 25.6 Å². The number of hydrogen-bond acceptors (Lipinski definition) is 3. The molecule has 0 amide bonds. The molecule has 19 heavy (non-hydrogen) atoms. The van der Waals surface area contributed by atoms with Crippen LogP contribution in [0, 0.1) is 5.92 Å². The van der Waals surface area contributed by atoms with Crippen molar-refractivity contribution >= 4 is 0 Å². The molecule has 1 aromatic heterocycles. The van der Waals surface area contributed by atoms with Gasteiger partial charge in [-0.05, 0) is 26.2 Å². The summed E-state index contributed by atoms with van der Waals surface area (Å²) in [6, 6.07) is 0.615. The summed E-state index contributed by atoms with van der Waals surface area (Å²) in [5, 5.41) is 7.97. The van der Waals surface area contributed by atoms with Gasteiger partial charge < -0.3 is 5.32 Å². The third-order valence-electron chi connectivity index (χ3n) is 4.01. The molecule has 1 fully saturated rings. The Labute approximate surface area is 117 Å². The Morgan fingerprint density at radius 3 is 2.79 bits per heavy atom. The van der Waals surface area contributed by atoms with Crippen LogP contribution in [0.2, 0.25) is 0 Å². The molecule has 1 atom stereocenters. The van der Waals surface area contributed by atoms with E-state index in [1.807, 2.05) is 17.9 Å². The standard InChI is InChI=1S/C15H28N4/c1-12(2)6-14-10-19(15(3,4)11-16-14)9-13-7-17-18(5)8-13/h7-8,12,14,16H,6,9-11H2,1-5H3. The third kappa shape index (κ3) is 3.80. The molecule has 4 nitrogen and oxygen atoms in total. The molecular weight excluding hydrogens is 236 g/mol. The maximum atomic E-state index is 4.27. The molecule has 0 bridgehead atoms. The Bertz CT molecular complexity index is 408. The second-order valence-electron chi connectivity index (χ2n) is 6.92. The molecule has 2 rings (SSSR count). The Balaban J connectivity index is 2.02. The van der Waals surface area contributed by atoms with Gasteiger partial charge in [0.25, 0.3) is 0 Å². The van der Waals surface area contributed by atoms with E-state index >= 15 is 0 Å². The highest BCUT2D eigenvalue weighted by Crippen LogP contribution is 2.23. The van der Waals surface area contributed by atoms with Crippen LogP contribution in [0.15, 0.2) is 12.4 Å². The van der Waals surface area contributed by atoms with Gasteiger partial charge in [-0.3, -0.25) is 9.58 Å². The second kappa shape index (κ2) is 5.63. The summed E-state index contributed by atoms with van der Waals surface area (Å²) in [4.78, 5) is 2.59. The zero-order valence-electron chi connectivity index (χ0n) is 13.0. The summed E-state index contributed by atoms with van der Waals surface area (Å²) in [7, 11) is 1.98. The predicted octanol–water partition coefficient (Wildman–Crippen LogP) is 2.02. The summed E-state index contributed by atoms with van der Waals surface area (Å²) in [5.74, 6) is 0.749. The third-order valence-corrected chi connectivity index (χ3v) is 4.01. The number of piperazine rings is 1. The van der Waals surface area contributed by atoms with E-state index in [1.165, 1.54) is 12.0 Å². The van der Waals surface area contributed by atoms with Crippen molar-refractivity contribution in [3.8, 4) is 0 Å². The first kappa shape index (κ1) is 14.5. The van der Waals surface area contributed by atoms with Crippen LogP contribution in [0.1, 0.15) is 39.7 Å². The van der Waals surface area contributed by atoms with E-state index in [4.69, 9.17) is 0 Å². The molecule has 1 N–H and O–H groups in total. The normalized spacial score (nSPS) is 24.0. The number of nitrogens with one attached hydrogen (secondary N) is 1. The lowest BCUT2D eigenvalue weighted by atomic mass is 9.93. The molecule has 1 aromatic rings. The Morgan fingerprint density at radius 1 is 1.47 bits per heavy atom. The van der Waals surface area contributed by atoms with E-state index in [1.54, 1.807) is 0 Å². The van der Waals surface area contributed by atoms with Crippen molar-refractivity contribution in [2.75, 3.05) is 13.1 Å². The van der Waals surface area contributed by atoms with Gasteiger partial charge in [0.15, 0.2) is 0 Å². The molecule has 0 saturated carbocycles. The highest BCUT2D eigenvalue weighted by molar-refractivity contribution is 5.06. The first-order valence-electron chi connectivity index (χ1n) is 7.33. The number of aryl methyl sites for hydroxylation is 1. The van der Waals surface area contributed by atoms with Gasteiger partial charge in [-0.2, -0.15) is 5.10 Å². The van der Waals surface area contributed by atoms with E-state index in [2.05, 4.69) is 49.2 Å². The van der Waals surface area contributed by atoms with E-state index in [9.17, 15) is 0 Å². The molecule has 1 unspecified atom stereocenters. The molecule has 4 heteroatoms. The molecule has 1 saturated heterocycles. The zero-order chi connectivity index (χ0) is 14.0. The maximum Gasteiger partial charge on any atom is 0.0534 e. The number of rotatable bonds is 4. The second-order valence-corrected chi connectivity index (χ2v) is 6.92. The monoisotopic (exact) mass is 264 g/mol. The first-order chi connectivity index (χ1) is 8.87. The lowest BCUT2D eigenvalue weighted by molar-refractivity contribution is 0.0535. The lowest BCUT2D eigenvalue weighted by Crippen LogP contribution is -2.61. The SMILES string of the molecule is CC(C)CC1CN(Cc2cnn(C)c2)C(C)(C)CN1. The smallest absolute Gasteiger partial charge is 0.0534 e. The molecule has 2 heterocycles. The van der Waals surface area contributed by atoms with Crippen molar-refractivity contribution in [3.05, 3.63) is 18.0 Å². The van der Waals surface area contributed by atoms with Crippen molar-refractivity contribution in [1.82, 2.24) is 20.0 Å². The summed E-state index contributed by atoms with van der Waals surface area (Å²) >= 11 is 0. The molecule has 108 valence electrons. The Kier molecular flexibility index (Phi) is 4.31. The lowest BCUT2D eigenvalue weighted by Gasteiger charge is -2.46. The van der Waals surface area contributed by atoms with Gasteiger partial charge in [0.05, 0.1) is 6.20 Å². The molecule has 1 aliphatic rings. The Morgan fingerprint density at radius 2 is 2.21 bits per heavy atom. The highest BCUT2D eigenvalue weighted by atomic mass is 15.3. The van der Waals surface area contributed by atoms with Crippen LogP contribution in [0.25, 0.3) is 0 Å². The van der Waals surface area contributed by atoms with Crippen LogP contribution >= 0.6 is 0 Å². The fourth-order valence-electron chi connectivity index (χ4n) is 2.86. The predicted molar refractivity (Wildman–Crippen MR) is 78.9 cm³/mol. The number of hydrogen-bond donors (Lipinski definition) is 1. The van der Waals surface area contributed by atoms with Gasteiger partial charge in [-0.15, -0.1) is 0 Å². The minimum absolute atomic E-state index is 0.212. The van der Waals surface area contributed by atoms with Crippen molar-refractivity contribution in [2.24, 2.45) is 13.0 Å². The van der Waals surface area contributed by atoms with Gasteiger partial charge in [-0.1, -0.05) is 13.8 Å². The van der Waals surface area contributed by atoms with E-state index in [-0.39, 0.29) is 5.54 Å². The molecule has 0 aliphatic carbocycles. The largest absolute Gasteiger partial charge is 0.311 e. The zero-order valence-corrected chi connectivity index (χ0v) is 13.0. The fourth-order valence-corrected chi connectivity index (χ4v) is 2.86. The van der Waals surface area contributed by atoms with Crippen LogP contribution < -0.4 is 5.32 Å². The summed E-state index contributed by atoms with van der Waals surface area (Å²) in [6.45, 7) is 12.4.